The first kappa shape index (κ1) is 27.3. The van der Waals surface area contributed by atoms with Gasteiger partial charge in [0.15, 0.2) is 11.3 Å². The first-order chi connectivity index (χ1) is 16.6. The smallest absolute Gasteiger partial charge is 0.402 e. The summed E-state index contributed by atoms with van der Waals surface area (Å²) in [6.45, 7) is 10.3. The van der Waals surface area contributed by atoms with Crippen molar-refractivity contribution in [2.24, 2.45) is 0 Å². The van der Waals surface area contributed by atoms with Crippen molar-refractivity contribution >= 4 is 38.4 Å². The molecule has 1 saturated carbocycles. The number of methoxy groups -OCH3 is 1. The van der Waals surface area contributed by atoms with Crippen LogP contribution >= 0.6 is 21.6 Å². The van der Waals surface area contributed by atoms with Crippen molar-refractivity contribution in [3.63, 3.8) is 0 Å². The average Bonchev–Trinajstić information content (AvgIpc) is 3.31. The largest absolute Gasteiger partial charge is 1.00 e. The number of halogens is 1. The van der Waals surface area contributed by atoms with Gasteiger partial charge >= 0.3 is 5.95 Å². The number of hydrogen-bond donors (Lipinski definition) is 1. The third-order valence-corrected chi connectivity index (χ3v) is 10.8. The normalized spacial score (nSPS) is 18.8. The van der Waals surface area contributed by atoms with Crippen molar-refractivity contribution in [1.29, 1.82) is 0 Å². The van der Waals surface area contributed by atoms with Crippen molar-refractivity contribution in [2.75, 3.05) is 7.11 Å². The van der Waals surface area contributed by atoms with Gasteiger partial charge in [0.05, 0.1) is 19.1 Å². The highest BCUT2D eigenvalue weighted by Gasteiger charge is 2.50. The van der Waals surface area contributed by atoms with Gasteiger partial charge in [-0.05, 0) is 70.7 Å². The molecule has 5 nitrogen and oxygen atoms in total. The predicted octanol–water partition coefficient (Wildman–Crippen LogP) is 3.51. The molecule has 1 fully saturated rings. The third-order valence-electron chi connectivity index (χ3n) is 7.96. The molecule has 194 valence electrons. The zero-order valence-electron chi connectivity index (χ0n) is 22.0. The Labute approximate surface area is 228 Å². The number of Topliss-reactive ketones (excluding diaryl/α,β-unsaturated/α-hetero) is 1. The number of nitrogens with zero attached hydrogens (tertiary/aromatic N) is 2. The van der Waals surface area contributed by atoms with Gasteiger partial charge in [0.1, 0.15) is 17.0 Å². The van der Waals surface area contributed by atoms with Crippen LogP contribution in [0.1, 0.15) is 82.2 Å². The Morgan fingerprint density at radius 3 is 2.44 bits per heavy atom. The summed E-state index contributed by atoms with van der Waals surface area (Å²) in [6, 6.07) is 6.26. The fourth-order valence-electron chi connectivity index (χ4n) is 5.84. The topological polar surface area (TPSA) is 58.9 Å². The lowest BCUT2D eigenvalue weighted by molar-refractivity contribution is -0.610. The van der Waals surface area contributed by atoms with Crippen molar-refractivity contribution in [3.8, 4) is 11.7 Å². The number of benzene rings is 1. The molecular formula is C28H36ClN3O2S2. The first-order valence-corrected chi connectivity index (χ1v) is 15.0. The molecule has 0 bridgehead atoms. The Bertz CT molecular complexity index is 1240. The van der Waals surface area contributed by atoms with Crippen LogP contribution < -0.4 is 21.7 Å². The van der Waals surface area contributed by atoms with E-state index in [1.165, 1.54) is 37.8 Å². The summed E-state index contributed by atoms with van der Waals surface area (Å²) in [6.07, 6.45) is 8.82. The molecule has 0 amide bonds. The van der Waals surface area contributed by atoms with Gasteiger partial charge in [-0.15, -0.1) is 0 Å². The van der Waals surface area contributed by atoms with Gasteiger partial charge in [-0.1, -0.05) is 45.8 Å². The molecule has 8 heteroatoms. The number of aromatic amines is 1. The fourth-order valence-corrected chi connectivity index (χ4v) is 8.79. The number of ether oxygens (including phenoxy) is 1. The van der Waals surface area contributed by atoms with E-state index in [-0.39, 0.29) is 18.2 Å². The number of ketones is 1. The number of nitrogens with one attached hydrogen (secondary N) is 1. The molecule has 0 radical (unpaired) electrons. The van der Waals surface area contributed by atoms with E-state index in [2.05, 4.69) is 34.8 Å². The number of imidazole rings is 1. The van der Waals surface area contributed by atoms with E-state index in [9.17, 15) is 4.79 Å². The molecule has 0 aliphatic heterocycles. The molecule has 1 aromatic carbocycles. The second-order valence-corrected chi connectivity index (χ2v) is 13.7. The summed E-state index contributed by atoms with van der Waals surface area (Å²) >= 11 is 0. The van der Waals surface area contributed by atoms with Crippen molar-refractivity contribution < 1.29 is 26.5 Å². The molecule has 0 unspecified atom stereocenters. The summed E-state index contributed by atoms with van der Waals surface area (Å²) in [5, 5.41) is 0.760. The Hall–Kier alpha value is -1.70. The Balaban J connectivity index is 0.00000304. The number of pyridine rings is 1. The molecule has 36 heavy (non-hydrogen) atoms. The summed E-state index contributed by atoms with van der Waals surface area (Å²) < 4.78 is 7.81. The van der Waals surface area contributed by atoms with Crippen molar-refractivity contribution in [2.45, 2.75) is 88.6 Å². The molecule has 2 aliphatic carbocycles. The maximum Gasteiger partial charge on any atom is 0.402 e. The summed E-state index contributed by atoms with van der Waals surface area (Å²) in [4.78, 5) is 21.6. The van der Waals surface area contributed by atoms with Crippen LogP contribution in [0, 0.1) is 6.92 Å². The number of rotatable bonds is 6. The zero-order chi connectivity index (χ0) is 25.0. The van der Waals surface area contributed by atoms with Crippen LogP contribution in [0.3, 0.4) is 0 Å². The maximum absolute atomic E-state index is 13.1. The van der Waals surface area contributed by atoms with Gasteiger partial charge in [-0.25, -0.2) is 9.55 Å². The molecule has 3 aromatic rings. The van der Waals surface area contributed by atoms with Crippen LogP contribution in [0.4, 0.5) is 0 Å². The van der Waals surface area contributed by atoms with E-state index < -0.39 is 10.8 Å². The molecule has 1 N–H and O–H groups in total. The SMILES string of the molecule is COc1cc[n+](-c2nc3cc4c(cc3[nH]2)C(C)(C)C(=O)C4(C)C)c(CSSC2CCCCC2)c1C.[Cl-]. The standard InChI is InChI=1S/C28H36N3O2S2.ClH/c1-17-23(16-34-35-18-10-8-7-9-11-18)31(13-12-24(17)33-6)26-29-21-14-19-20(15-22(21)30-26)28(4,5)25(32)27(19,2)3;/h12-15,18H,7-11,16H2,1-6H3,(H,29,30);1H/q+1;/p-1. The van der Waals surface area contributed by atoms with Gasteiger partial charge in [-0.2, -0.15) is 0 Å². The lowest BCUT2D eigenvalue weighted by Gasteiger charge is -2.21. The van der Waals surface area contributed by atoms with Crippen LogP contribution in [0.15, 0.2) is 24.4 Å². The number of aromatic nitrogens is 3. The molecular weight excluding hydrogens is 510 g/mol. The molecule has 0 atom stereocenters. The zero-order valence-corrected chi connectivity index (χ0v) is 24.4. The molecule has 2 aliphatic rings. The molecule has 2 heterocycles. The third kappa shape index (κ3) is 4.56. The highest BCUT2D eigenvalue weighted by molar-refractivity contribution is 8.76. The minimum atomic E-state index is -0.506. The van der Waals surface area contributed by atoms with Crippen LogP contribution in [0.5, 0.6) is 5.75 Å². The summed E-state index contributed by atoms with van der Waals surface area (Å²) in [5.41, 5.74) is 5.39. The second kappa shape index (κ2) is 10.2. The van der Waals surface area contributed by atoms with E-state index >= 15 is 0 Å². The molecule has 2 aromatic heterocycles. The highest BCUT2D eigenvalue weighted by atomic mass is 35.5. The Morgan fingerprint density at radius 2 is 1.78 bits per heavy atom. The van der Waals surface area contributed by atoms with Gasteiger partial charge < -0.3 is 17.1 Å². The maximum atomic E-state index is 13.1. The van der Waals surface area contributed by atoms with E-state index in [1.54, 1.807) is 7.11 Å². The van der Waals surface area contributed by atoms with Crippen LogP contribution in [0.25, 0.3) is 17.0 Å². The van der Waals surface area contributed by atoms with Crippen molar-refractivity contribution in [3.05, 3.63) is 46.8 Å². The monoisotopic (exact) mass is 545 g/mol. The van der Waals surface area contributed by atoms with E-state index in [0.29, 0.717) is 0 Å². The number of H-pyrrole nitrogens is 1. The molecule has 5 rings (SSSR count). The van der Waals surface area contributed by atoms with Crippen LogP contribution in [-0.2, 0) is 21.4 Å². The lowest BCUT2D eigenvalue weighted by Crippen LogP contribution is -3.00. The Kier molecular flexibility index (Phi) is 7.76. The Morgan fingerprint density at radius 1 is 1.11 bits per heavy atom. The minimum absolute atomic E-state index is 0. The minimum Gasteiger partial charge on any atom is -1.00 e. The van der Waals surface area contributed by atoms with E-state index in [0.717, 1.165) is 50.4 Å². The number of hydrogen-bond acceptors (Lipinski definition) is 5. The lowest BCUT2D eigenvalue weighted by atomic mass is 9.80. The summed E-state index contributed by atoms with van der Waals surface area (Å²) in [7, 11) is 5.71. The average molecular weight is 546 g/mol. The van der Waals surface area contributed by atoms with Gasteiger partial charge in [0.25, 0.3) is 0 Å². The van der Waals surface area contributed by atoms with E-state index in [1.807, 2.05) is 55.3 Å². The van der Waals surface area contributed by atoms with Crippen molar-refractivity contribution in [1.82, 2.24) is 9.97 Å². The van der Waals surface area contributed by atoms with Crippen LogP contribution in [-0.4, -0.2) is 28.1 Å². The fraction of sp³-hybridized carbons (Fsp3) is 0.536. The van der Waals surface area contributed by atoms with Gasteiger partial charge in [-0.3, -0.25) is 4.79 Å². The first-order valence-electron chi connectivity index (χ1n) is 12.6. The summed E-state index contributed by atoms with van der Waals surface area (Å²) in [5.74, 6) is 2.85. The highest BCUT2D eigenvalue weighted by Crippen LogP contribution is 2.47. The van der Waals surface area contributed by atoms with E-state index in [4.69, 9.17) is 9.72 Å². The molecule has 0 spiro atoms. The van der Waals surface area contributed by atoms with Gasteiger partial charge in [0, 0.05) is 27.7 Å². The molecule has 0 saturated heterocycles. The quantitative estimate of drug-likeness (QED) is 0.379. The van der Waals surface area contributed by atoms with Gasteiger partial charge in [0.2, 0.25) is 0 Å². The van der Waals surface area contributed by atoms with Crippen LogP contribution in [0.2, 0.25) is 0 Å². The number of carbonyl (C=O) groups is 1. The number of carbonyl (C=O) groups excluding carboxylic acids is 1. The number of fused-ring (bicyclic) bond motifs is 2. The second-order valence-electron chi connectivity index (χ2n) is 11.0. The predicted molar refractivity (Wildman–Crippen MR) is 146 cm³/mol.